The highest BCUT2D eigenvalue weighted by atomic mass is 16.2. The lowest BCUT2D eigenvalue weighted by molar-refractivity contribution is -0.140. The predicted molar refractivity (Wildman–Crippen MR) is 84.6 cm³/mol. The number of rotatable bonds is 1. The van der Waals surface area contributed by atoms with Crippen molar-refractivity contribution in [2.75, 3.05) is 18.0 Å². The Kier molecular flexibility index (Phi) is 3.46. The van der Waals surface area contributed by atoms with E-state index < -0.39 is 5.41 Å². The molecule has 1 aromatic heterocycles. The fraction of sp³-hybridized carbons (Fsp3) is 0.588. The quantitative estimate of drug-likeness (QED) is 0.806. The van der Waals surface area contributed by atoms with Crippen LogP contribution in [0.15, 0.2) is 18.3 Å². The van der Waals surface area contributed by atoms with Crippen LogP contribution in [-0.4, -0.2) is 29.9 Å². The van der Waals surface area contributed by atoms with E-state index in [9.17, 15) is 9.59 Å². The zero-order chi connectivity index (χ0) is 16.0. The van der Waals surface area contributed by atoms with Gasteiger partial charge >= 0.3 is 0 Å². The lowest BCUT2D eigenvalue weighted by atomic mass is 9.79. The van der Waals surface area contributed by atoms with Crippen molar-refractivity contribution in [3.8, 4) is 0 Å². The Morgan fingerprint density at radius 3 is 2.59 bits per heavy atom. The molecule has 3 rings (SSSR count). The van der Waals surface area contributed by atoms with E-state index in [1.807, 2.05) is 12.3 Å². The lowest BCUT2D eigenvalue weighted by Gasteiger charge is -2.31. The second-order valence-electron chi connectivity index (χ2n) is 7.48. The second kappa shape index (κ2) is 5.07. The van der Waals surface area contributed by atoms with E-state index >= 15 is 0 Å². The van der Waals surface area contributed by atoms with Gasteiger partial charge in [0.1, 0.15) is 5.82 Å². The van der Waals surface area contributed by atoms with Crippen molar-refractivity contribution in [3.63, 3.8) is 0 Å². The number of nitrogens with zero attached hydrogens (tertiary/aromatic N) is 2. The van der Waals surface area contributed by atoms with Crippen molar-refractivity contribution < 1.29 is 9.59 Å². The van der Waals surface area contributed by atoms with Crippen LogP contribution in [0, 0.1) is 5.41 Å². The van der Waals surface area contributed by atoms with Gasteiger partial charge in [-0.2, -0.15) is 0 Å². The first-order valence-corrected chi connectivity index (χ1v) is 7.86. The molecular formula is C17H23N3O2. The maximum absolute atomic E-state index is 12.2. The summed E-state index contributed by atoms with van der Waals surface area (Å²) in [5.41, 5.74) is 0.866. The van der Waals surface area contributed by atoms with Gasteiger partial charge in [-0.3, -0.25) is 14.9 Å². The third kappa shape index (κ3) is 2.60. The molecule has 2 saturated heterocycles. The van der Waals surface area contributed by atoms with E-state index in [0.717, 1.165) is 18.8 Å². The molecular weight excluding hydrogens is 278 g/mol. The first kappa shape index (κ1) is 15.0. The number of imide groups is 1. The number of carbonyl (C=O) groups is 2. The predicted octanol–water partition coefficient (Wildman–Crippen LogP) is 2.01. The van der Waals surface area contributed by atoms with Crippen molar-refractivity contribution in [3.05, 3.63) is 23.9 Å². The molecule has 1 aromatic rings. The molecule has 118 valence electrons. The summed E-state index contributed by atoms with van der Waals surface area (Å²) in [5.74, 6) is 0.647. The van der Waals surface area contributed by atoms with Gasteiger partial charge in [0, 0.05) is 25.7 Å². The van der Waals surface area contributed by atoms with Gasteiger partial charge in [-0.1, -0.05) is 26.8 Å². The fourth-order valence-electron chi connectivity index (χ4n) is 3.26. The summed E-state index contributed by atoms with van der Waals surface area (Å²) in [6, 6.07) is 4.14. The molecule has 2 amide bonds. The van der Waals surface area contributed by atoms with Crippen molar-refractivity contribution >= 4 is 17.6 Å². The smallest absolute Gasteiger partial charge is 0.234 e. The average Bonchev–Trinajstić information content (AvgIpc) is 2.89. The maximum atomic E-state index is 12.2. The largest absolute Gasteiger partial charge is 0.356 e. The van der Waals surface area contributed by atoms with E-state index in [1.165, 1.54) is 5.56 Å². The topological polar surface area (TPSA) is 62.3 Å². The Hall–Kier alpha value is -1.91. The highest BCUT2D eigenvalue weighted by molar-refractivity contribution is 6.01. The van der Waals surface area contributed by atoms with Gasteiger partial charge in [0.2, 0.25) is 11.8 Å². The Labute approximate surface area is 131 Å². The Balaban J connectivity index is 1.75. The second-order valence-corrected chi connectivity index (χ2v) is 7.48. The number of piperidine rings is 1. The Morgan fingerprint density at radius 2 is 2.00 bits per heavy atom. The third-order valence-corrected chi connectivity index (χ3v) is 4.86. The van der Waals surface area contributed by atoms with Crippen molar-refractivity contribution in [1.29, 1.82) is 0 Å². The molecule has 1 atom stereocenters. The number of pyridine rings is 1. The molecule has 1 unspecified atom stereocenters. The van der Waals surface area contributed by atoms with Gasteiger partial charge in [0.25, 0.3) is 0 Å². The van der Waals surface area contributed by atoms with Crippen LogP contribution in [0.5, 0.6) is 0 Å². The Bertz CT molecular complexity index is 603. The molecule has 3 heterocycles. The standard InChI is InChI=1S/C17H23N3O2/c1-16(2,3)12-4-5-13(18-10-12)20-9-8-17(11-20)7-6-14(21)19-15(17)22/h4-5,10H,6-9,11H2,1-3H3,(H,19,21,22). The molecule has 1 spiro atoms. The first-order valence-electron chi connectivity index (χ1n) is 7.86. The molecule has 5 nitrogen and oxygen atoms in total. The van der Waals surface area contributed by atoms with Crippen LogP contribution in [0.25, 0.3) is 0 Å². The molecule has 0 aliphatic carbocycles. The van der Waals surface area contributed by atoms with E-state index in [1.54, 1.807) is 0 Å². The summed E-state index contributed by atoms with van der Waals surface area (Å²) in [4.78, 5) is 30.3. The molecule has 1 N–H and O–H groups in total. The van der Waals surface area contributed by atoms with Crippen LogP contribution in [-0.2, 0) is 15.0 Å². The SMILES string of the molecule is CC(C)(C)c1ccc(N2CCC3(CCC(=O)NC3=O)C2)nc1. The number of anilines is 1. The number of amides is 2. The molecule has 0 saturated carbocycles. The van der Waals surface area contributed by atoms with E-state index in [0.29, 0.717) is 19.4 Å². The van der Waals surface area contributed by atoms with E-state index in [-0.39, 0.29) is 17.2 Å². The summed E-state index contributed by atoms with van der Waals surface area (Å²) in [6.45, 7) is 7.95. The lowest BCUT2D eigenvalue weighted by Crippen LogP contribution is -2.50. The molecule has 22 heavy (non-hydrogen) atoms. The monoisotopic (exact) mass is 301 g/mol. The molecule has 0 bridgehead atoms. The van der Waals surface area contributed by atoms with Crippen LogP contribution < -0.4 is 10.2 Å². The summed E-state index contributed by atoms with van der Waals surface area (Å²) in [6.07, 6.45) is 3.80. The van der Waals surface area contributed by atoms with E-state index in [4.69, 9.17) is 0 Å². The van der Waals surface area contributed by atoms with Crippen LogP contribution in [0.2, 0.25) is 0 Å². The molecule has 2 aliphatic heterocycles. The van der Waals surface area contributed by atoms with Gasteiger partial charge in [-0.15, -0.1) is 0 Å². The number of hydrogen-bond donors (Lipinski definition) is 1. The van der Waals surface area contributed by atoms with Gasteiger partial charge in [0.05, 0.1) is 5.41 Å². The number of nitrogens with one attached hydrogen (secondary N) is 1. The highest BCUT2D eigenvalue weighted by Crippen LogP contribution is 2.39. The summed E-state index contributed by atoms with van der Waals surface area (Å²) >= 11 is 0. The maximum Gasteiger partial charge on any atom is 0.234 e. The summed E-state index contributed by atoms with van der Waals surface area (Å²) < 4.78 is 0. The number of aromatic nitrogens is 1. The van der Waals surface area contributed by atoms with Gasteiger partial charge < -0.3 is 4.90 Å². The molecule has 5 heteroatoms. The van der Waals surface area contributed by atoms with Crippen molar-refractivity contribution in [2.45, 2.75) is 45.4 Å². The molecule has 0 radical (unpaired) electrons. The summed E-state index contributed by atoms with van der Waals surface area (Å²) in [7, 11) is 0. The van der Waals surface area contributed by atoms with Crippen LogP contribution in [0.3, 0.4) is 0 Å². The van der Waals surface area contributed by atoms with Gasteiger partial charge in [-0.05, 0) is 29.9 Å². The van der Waals surface area contributed by atoms with Gasteiger partial charge in [0.15, 0.2) is 0 Å². The van der Waals surface area contributed by atoms with Crippen molar-refractivity contribution in [1.82, 2.24) is 10.3 Å². The number of hydrogen-bond acceptors (Lipinski definition) is 4. The fourth-order valence-corrected chi connectivity index (χ4v) is 3.26. The molecule has 0 aromatic carbocycles. The third-order valence-electron chi connectivity index (χ3n) is 4.86. The minimum Gasteiger partial charge on any atom is -0.356 e. The zero-order valence-corrected chi connectivity index (χ0v) is 13.5. The molecule has 2 aliphatic rings. The minimum atomic E-state index is -0.418. The Morgan fingerprint density at radius 1 is 1.23 bits per heavy atom. The van der Waals surface area contributed by atoms with Crippen LogP contribution >= 0.6 is 0 Å². The first-order chi connectivity index (χ1) is 10.3. The van der Waals surface area contributed by atoms with Gasteiger partial charge in [-0.25, -0.2) is 4.98 Å². The molecule has 2 fully saturated rings. The van der Waals surface area contributed by atoms with E-state index in [2.05, 4.69) is 42.0 Å². The normalized spacial score (nSPS) is 25.7. The highest BCUT2D eigenvalue weighted by Gasteiger charge is 2.47. The van der Waals surface area contributed by atoms with Crippen LogP contribution in [0.4, 0.5) is 5.82 Å². The average molecular weight is 301 g/mol. The van der Waals surface area contributed by atoms with Crippen LogP contribution in [0.1, 0.15) is 45.6 Å². The number of carbonyl (C=O) groups excluding carboxylic acids is 2. The summed E-state index contributed by atoms with van der Waals surface area (Å²) in [5, 5.41) is 2.49. The minimum absolute atomic E-state index is 0.0847. The van der Waals surface area contributed by atoms with Crippen molar-refractivity contribution in [2.24, 2.45) is 5.41 Å². The zero-order valence-electron chi connectivity index (χ0n) is 13.5.